The Morgan fingerprint density at radius 3 is 0.923 bits per heavy atom. The fourth-order valence-corrected chi connectivity index (χ4v) is 7.20. The molecular formula is C46H38N6+2. The molecule has 250 valence electrons. The molecule has 2 aliphatic rings. The molecule has 9 rings (SSSR count). The van der Waals surface area contributed by atoms with Crippen LogP contribution in [0.2, 0.25) is 0 Å². The number of nitrogens with one attached hydrogen (secondary N) is 2. The van der Waals surface area contributed by atoms with Gasteiger partial charge in [0, 0.05) is 68.6 Å². The minimum absolute atomic E-state index is 0.899. The first-order valence-electron chi connectivity index (χ1n) is 17.6. The van der Waals surface area contributed by atoms with Gasteiger partial charge in [0.05, 0.1) is 22.8 Å². The normalized spacial score (nSPS) is 12.1. The Labute approximate surface area is 302 Å². The van der Waals surface area contributed by atoms with E-state index in [1.54, 1.807) is 0 Å². The van der Waals surface area contributed by atoms with Crippen molar-refractivity contribution in [3.05, 3.63) is 156 Å². The summed E-state index contributed by atoms with van der Waals surface area (Å²) in [4.78, 5) is 18.5. The Hall–Kier alpha value is -6.66. The summed E-state index contributed by atoms with van der Waals surface area (Å²) in [6.07, 6.45) is 16.9. The summed E-state index contributed by atoms with van der Waals surface area (Å²) in [7, 11) is 4.08. The fourth-order valence-electron chi connectivity index (χ4n) is 7.20. The molecule has 2 aliphatic heterocycles. The lowest BCUT2D eigenvalue weighted by molar-refractivity contribution is -0.671. The summed E-state index contributed by atoms with van der Waals surface area (Å²) in [6.45, 7) is 4.24. The minimum atomic E-state index is 0.899. The van der Waals surface area contributed by atoms with Gasteiger partial charge in [-0.1, -0.05) is 59.7 Å². The zero-order valence-corrected chi connectivity index (χ0v) is 29.6. The molecule has 6 nitrogen and oxygen atoms in total. The maximum Gasteiger partial charge on any atom is 0.169 e. The lowest BCUT2D eigenvalue weighted by atomic mass is 10.0. The van der Waals surface area contributed by atoms with Gasteiger partial charge in [-0.25, -0.2) is 19.1 Å². The van der Waals surface area contributed by atoms with E-state index < -0.39 is 0 Å². The molecule has 5 aromatic heterocycles. The van der Waals surface area contributed by atoms with Crippen molar-refractivity contribution >= 4 is 46.4 Å². The predicted molar refractivity (Wildman–Crippen MR) is 212 cm³/mol. The van der Waals surface area contributed by atoms with E-state index in [9.17, 15) is 0 Å². The molecular weight excluding hydrogens is 637 g/mol. The van der Waals surface area contributed by atoms with Gasteiger partial charge in [0.15, 0.2) is 24.8 Å². The molecule has 0 spiro atoms. The van der Waals surface area contributed by atoms with Gasteiger partial charge < -0.3 is 9.97 Å². The first kappa shape index (κ1) is 31.3. The second-order valence-electron chi connectivity index (χ2n) is 13.7. The quantitative estimate of drug-likeness (QED) is 0.183. The van der Waals surface area contributed by atoms with Crippen molar-refractivity contribution in [1.29, 1.82) is 0 Å². The number of aryl methyl sites for hydroxylation is 4. The van der Waals surface area contributed by atoms with Crippen LogP contribution in [-0.4, -0.2) is 19.9 Å². The van der Waals surface area contributed by atoms with E-state index in [-0.39, 0.29) is 0 Å². The topological polar surface area (TPSA) is 65.1 Å². The van der Waals surface area contributed by atoms with Crippen LogP contribution >= 0.6 is 0 Å². The summed E-state index contributed by atoms with van der Waals surface area (Å²) in [6, 6.07) is 34.7. The Morgan fingerprint density at radius 1 is 0.365 bits per heavy atom. The predicted octanol–water partition coefficient (Wildman–Crippen LogP) is 9.59. The Kier molecular flexibility index (Phi) is 7.58. The third-order valence-corrected chi connectivity index (χ3v) is 9.97. The van der Waals surface area contributed by atoms with Gasteiger partial charge in [0.1, 0.15) is 14.1 Å². The van der Waals surface area contributed by atoms with Crippen LogP contribution in [0.25, 0.3) is 90.9 Å². The van der Waals surface area contributed by atoms with Crippen LogP contribution in [0.3, 0.4) is 0 Å². The molecule has 7 aromatic rings. The Bertz CT molecular complexity index is 2350. The summed E-state index contributed by atoms with van der Waals surface area (Å²) >= 11 is 0. The van der Waals surface area contributed by atoms with E-state index in [4.69, 9.17) is 9.97 Å². The van der Waals surface area contributed by atoms with Crippen molar-refractivity contribution in [2.45, 2.75) is 13.8 Å². The third-order valence-electron chi connectivity index (χ3n) is 9.97. The number of aromatic nitrogens is 6. The molecule has 0 fully saturated rings. The Morgan fingerprint density at radius 2 is 0.635 bits per heavy atom. The van der Waals surface area contributed by atoms with E-state index in [0.717, 1.165) is 89.4 Å². The molecule has 0 aliphatic carbocycles. The molecule has 0 saturated carbocycles. The lowest BCUT2D eigenvalue weighted by Crippen LogP contribution is -2.25. The number of aromatic amines is 2. The summed E-state index contributed by atoms with van der Waals surface area (Å²) < 4.78 is 4.11. The van der Waals surface area contributed by atoms with E-state index in [1.165, 1.54) is 11.1 Å². The molecule has 2 N–H and O–H groups in total. The fraction of sp³-hybridized carbons (Fsp3) is 0.0870. The zero-order valence-electron chi connectivity index (χ0n) is 29.6. The average molecular weight is 675 g/mol. The van der Waals surface area contributed by atoms with Gasteiger partial charge in [0.25, 0.3) is 0 Å². The van der Waals surface area contributed by atoms with Crippen molar-refractivity contribution in [2.24, 2.45) is 14.1 Å². The van der Waals surface area contributed by atoms with Crippen molar-refractivity contribution in [1.82, 2.24) is 19.9 Å². The summed E-state index contributed by atoms with van der Waals surface area (Å²) in [5, 5.41) is 0. The van der Waals surface area contributed by atoms with Crippen molar-refractivity contribution in [2.75, 3.05) is 0 Å². The molecule has 0 unspecified atom stereocenters. The first-order valence-corrected chi connectivity index (χ1v) is 17.6. The number of fused-ring (bicyclic) bond motifs is 8. The monoisotopic (exact) mass is 674 g/mol. The van der Waals surface area contributed by atoms with Crippen LogP contribution in [-0.2, 0) is 14.1 Å². The molecule has 0 amide bonds. The molecule has 2 aromatic carbocycles. The smallest absolute Gasteiger partial charge is 0.169 e. The maximum atomic E-state index is 5.40. The lowest BCUT2D eigenvalue weighted by Gasteiger charge is -2.07. The van der Waals surface area contributed by atoms with E-state index >= 15 is 0 Å². The van der Waals surface area contributed by atoms with E-state index in [0.29, 0.717) is 0 Å². The number of H-pyrrole nitrogens is 2. The maximum absolute atomic E-state index is 5.40. The molecule has 0 radical (unpaired) electrons. The zero-order chi connectivity index (χ0) is 35.3. The van der Waals surface area contributed by atoms with Crippen molar-refractivity contribution in [3.8, 4) is 44.5 Å². The molecule has 0 atom stereocenters. The van der Waals surface area contributed by atoms with Crippen LogP contribution in [0.15, 0.2) is 122 Å². The number of pyridine rings is 2. The number of benzene rings is 2. The highest BCUT2D eigenvalue weighted by molar-refractivity contribution is 5.99. The highest BCUT2D eigenvalue weighted by atomic mass is 14.9. The van der Waals surface area contributed by atoms with Crippen molar-refractivity contribution in [3.63, 3.8) is 0 Å². The minimum Gasteiger partial charge on any atom is -0.354 e. The van der Waals surface area contributed by atoms with Crippen LogP contribution < -0.4 is 9.13 Å². The van der Waals surface area contributed by atoms with Crippen molar-refractivity contribution < 1.29 is 9.13 Å². The first-order chi connectivity index (χ1) is 25.4. The van der Waals surface area contributed by atoms with Gasteiger partial charge in [-0.15, -0.1) is 0 Å². The van der Waals surface area contributed by atoms with Crippen LogP contribution in [0.1, 0.15) is 33.9 Å². The summed E-state index contributed by atoms with van der Waals surface area (Å²) in [5.74, 6) is 0. The molecule has 0 saturated heterocycles. The largest absolute Gasteiger partial charge is 0.354 e. The van der Waals surface area contributed by atoms with Crippen LogP contribution in [0, 0.1) is 13.8 Å². The van der Waals surface area contributed by atoms with Gasteiger partial charge in [-0.2, -0.15) is 0 Å². The highest BCUT2D eigenvalue weighted by Crippen LogP contribution is 2.38. The van der Waals surface area contributed by atoms with Gasteiger partial charge in [0.2, 0.25) is 0 Å². The molecule has 7 heterocycles. The van der Waals surface area contributed by atoms with Gasteiger partial charge >= 0.3 is 0 Å². The number of hydrogen-bond donors (Lipinski definition) is 2. The second kappa shape index (κ2) is 12.6. The van der Waals surface area contributed by atoms with E-state index in [2.05, 4.69) is 179 Å². The molecule has 52 heavy (non-hydrogen) atoms. The van der Waals surface area contributed by atoms with Crippen LogP contribution in [0.4, 0.5) is 0 Å². The Balaban J connectivity index is 1.47. The SMILES string of the molecule is Cc1ccc(-c2c3nc(c(-c4cc[n+](C)cc4)c4ccc([nH]4)c(-c4ccc(C)cc4)c4nc(c(-c5cc[n+](C)cc5)c5ccc2[nH]5)C=C4)C=C3)cc1. The number of rotatable bonds is 4. The standard InChI is InChI=1S/C46H37N6/c1-29-5-9-31(10-6-29)43-35-13-17-39(47-35)45(33-21-25-51(3)26-22-33)41-19-15-37(49-41)44(32-11-7-30(2)8-12-32)38-16-20-42(50-38)46(40-18-14-36(43)48-40)34-23-27-52(4)28-24-34/h5-28H,1-4H3,(H,47,48,49,50)/q+1/p+1. The van der Waals surface area contributed by atoms with E-state index in [1.807, 2.05) is 14.1 Å². The molecule has 8 bridgehead atoms. The van der Waals surface area contributed by atoms with Gasteiger partial charge in [-0.05, 0) is 84.7 Å². The van der Waals surface area contributed by atoms with Crippen LogP contribution in [0.5, 0.6) is 0 Å². The second-order valence-corrected chi connectivity index (χ2v) is 13.7. The van der Waals surface area contributed by atoms with Gasteiger partial charge in [-0.3, -0.25) is 0 Å². The third kappa shape index (κ3) is 5.64. The number of nitrogens with zero attached hydrogens (tertiary/aromatic N) is 4. The highest BCUT2D eigenvalue weighted by Gasteiger charge is 2.19. The number of hydrogen-bond acceptors (Lipinski definition) is 2. The molecule has 6 heteroatoms. The average Bonchev–Trinajstić information content (AvgIpc) is 3.99. The summed E-state index contributed by atoms with van der Waals surface area (Å²) in [5.41, 5.74) is 18.5.